The minimum Gasteiger partial charge on any atom is -0.497 e. The van der Waals surface area contributed by atoms with E-state index in [-0.39, 0.29) is 35.3 Å². The van der Waals surface area contributed by atoms with Crippen molar-refractivity contribution < 1.29 is 19.1 Å². The normalized spacial score (nSPS) is 19.4. The molecule has 1 saturated carbocycles. The summed E-state index contributed by atoms with van der Waals surface area (Å²) in [5.41, 5.74) is 4.04. The van der Waals surface area contributed by atoms with Gasteiger partial charge in [0.2, 0.25) is 11.8 Å². The number of aromatic amines is 1. The molecular weight excluding hydrogens is 484 g/mol. The average Bonchev–Trinajstić information content (AvgIpc) is 3.46. The summed E-state index contributed by atoms with van der Waals surface area (Å²) < 4.78 is 10.8. The lowest BCUT2D eigenvalue weighted by molar-refractivity contribution is -0.118. The van der Waals surface area contributed by atoms with Crippen LogP contribution in [0.25, 0.3) is 10.9 Å². The predicted molar refractivity (Wildman–Crippen MR) is 143 cm³/mol. The number of ether oxygens (including phenoxy) is 2. The molecule has 4 aromatic rings. The van der Waals surface area contributed by atoms with Gasteiger partial charge in [0.15, 0.2) is 5.82 Å². The molecule has 194 valence electrons. The van der Waals surface area contributed by atoms with Gasteiger partial charge in [-0.2, -0.15) is 5.10 Å². The Kier molecular flexibility index (Phi) is 5.48. The molecule has 0 saturated heterocycles. The average molecular weight is 513 g/mol. The Labute approximate surface area is 219 Å². The summed E-state index contributed by atoms with van der Waals surface area (Å²) in [6.45, 7) is 3.78. The van der Waals surface area contributed by atoms with Gasteiger partial charge in [0.05, 0.1) is 25.2 Å². The van der Waals surface area contributed by atoms with Crippen LogP contribution >= 0.6 is 0 Å². The van der Waals surface area contributed by atoms with Gasteiger partial charge in [0, 0.05) is 23.0 Å². The summed E-state index contributed by atoms with van der Waals surface area (Å²) in [5.74, 6) is 1.46. The monoisotopic (exact) mass is 512 g/mol. The van der Waals surface area contributed by atoms with E-state index in [4.69, 9.17) is 9.47 Å². The minimum absolute atomic E-state index is 0.000415. The highest BCUT2D eigenvalue weighted by Crippen LogP contribution is 2.65. The largest absolute Gasteiger partial charge is 0.497 e. The first-order valence-electron chi connectivity index (χ1n) is 12.4. The maximum Gasteiger partial charge on any atom is 0.270 e. The summed E-state index contributed by atoms with van der Waals surface area (Å²) >= 11 is 0. The Morgan fingerprint density at radius 1 is 1.11 bits per heavy atom. The maximum atomic E-state index is 13.0. The molecule has 2 atom stereocenters. The van der Waals surface area contributed by atoms with Crippen LogP contribution in [0.15, 0.2) is 48.5 Å². The lowest BCUT2D eigenvalue weighted by Crippen LogP contribution is -2.30. The number of nitrogens with one attached hydrogen (secondary N) is 4. The molecule has 2 aliphatic rings. The third-order valence-electron chi connectivity index (χ3n) is 7.27. The third-order valence-corrected chi connectivity index (χ3v) is 7.27. The van der Waals surface area contributed by atoms with Crippen LogP contribution in [0.2, 0.25) is 0 Å². The number of rotatable bonds is 7. The number of fused-ring (bicyclic) bond motifs is 3. The second kappa shape index (κ2) is 8.76. The number of pyridine rings is 1. The molecule has 0 radical (unpaired) electrons. The Morgan fingerprint density at radius 2 is 1.95 bits per heavy atom. The van der Waals surface area contributed by atoms with Crippen LogP contribution in [0, 0.1) is 0 Å². The SMILES string of the molecule is COc1ccc2c(c1)[C@]1(C[C@H]1c1ccc3c(Nc4ccc(C(=O)NC(C)C)nc4OC)n[nH]c3c1)C(=O)N2. The zero-order chi connectivity index (χ0) is 26.6. The van der Waals surface area contributed by atoms with E-state index >= 15 is 0 Å². The van der Waals surface area contributed by atoms with E-state index < -0.39 is 5.41 Å². The van der Waals surface area contributed by atoms with E-state index in [1.165, 1.54) is 7.11 Å². The summed E-state index contributed by atoms with van der Waals surface area (Å²) in [7, 11) is 3.13. The quantitative estimate of drug-likeness (QED) is 0.291. The van der Waals surface area contributed by atoms with E-state index in [1.807, 2.05) is 50.2 Å². The van der Waals surface area contributed by atoms with E-state index in [1.54, 1.807) is 19.2 Å². The second-order valence-corrected chi connectivity index (χ2v) is 9.98. The Balaban J connectivity index is 1.26. The van der Waals surface area contributed by atoms with Crippen molar-refractivity contribution in [2.75, 3.05) is 24.9 Å². The molecule has 1 spiro atoms. The molecule has 38 heavy (non-hydrogen) atoms. The minimum atomic E-state index is -0.568. The zero-order valence-corrected chi connectivity index (χ0v) is 21.5. The van der Waals surface area contributed by atoms with E-state index in [0.717, 1.165) is 39.9 Å². The number of carbonyl (C=O) groups excluding carboxylic acids is 2. The molecule has 0 bridgehead atoms. The Morgan fingerprint density at radius 3 is 2.71 bits per heavy atom. The van der Waals surface area contributed by atoms with Crippen LogP contribution in [0.1, 0.15) is 47.8 Å². The van der Waals surface area contributed by atoms with Crippen LogP contribution in [-0.4, -0.2) is 47.3 Å². The number of hydrogen-bond acceptors (Lipinski definition) is 7. The summed E-state index contributed by atoms with van der Waals surface area (Å²) in [4.78, 5) is 29.7. The highest BCUT2D eigenvalue weighted by atomic mass is 16.5. The fraction of sp³-hybridized carbons (Fsp3) is 0.286. The van der Waals surface area contributed by atoms with Gasteiger partial charge in [-0.3, -0.25) is 14.7 Å². The Hall–Kier alpha value is -4.60. The number of anilines is 3. The third kappa shape index (κ3) is 3.71. The first-order chi connectivity index (χ1) is 18.3. The van der Waals surface area contributed by atoms with Crippen molar-refractivity contribution >= 4 is 39.9 Å². The molecule has 0 unspecified atom stereocenters. The zero-order valence-electron chi connectivity index (χ0n) is 21.5. The molecule has 2 aromatic carbocycles. The van der Waals surface area contributed by atoms with Crippen molar-refractivity contribution in [3.05, 3.63) is 65.4 Å². The van der Waals surface area contributed by atoms with Gasteiger partial charge in [0.1, 0.15) is 17.1 Å². The molecule has 10 nitrogen and oxygen atoms in total. The number of nitrogens with zero attached hydrogens (tertiary/aromatic N) is 2. The Bertz CT molecular complexity index is 1600. The van der Waals surface area contributed by atoms with Crippen molar-refractivity contribution in [3.63, 3.8) is 0 Å². The highest BCUT2D eigenvalue weighted by molar-refractivity contribution is 6.10. The molecular formula is C28H28N6O4. The van der Waals surface area contributed by atoms with Gasteiger partial charge >= 0.3 is 0 Å². The molecule has 2 amide bonds. The van der Waals surface area contributed by atoms with Crippen molar-refractivity contribution in [1.29, 1.82) is 0 Å². The molecule has 3 heterocycles. The van der Waals surface area contributed by atoms with Crippen LogP contribution in [0.3, 0.4) is 0 Å². The topological polar surface area (TPSA) is 130 Å². The van der Waals surface area contributed by atoms with Crippen molar-refractivity contribution in [3.8, 4) is 11.6 Å². The first-order valence-corrected chi connectivity index (χ1v) is 12.4. The lowest BCUT2D eigenvalue weighted by atomic mass is 9.91. The van der Waals surface area contributed by atoms with Crippen LogP contribution in [0.5, 0.6) is 11.6 Å². The second-order valence-electron chi connectivity index (χ2n) is 9.98. The predicted octanol–water partition coefficient (Wildman–Crippen LogP) is 4.23. The van der Waals surface area contributed by atoms with Crippen molar-refractivity contribution in [1.82, 2.24) is 20.5 Å². The number of benzene rings is 2. The standard InChI is InChI=1S/C28H28N6O4/c1-14(2)29-25(35)21-9-10-22(26(31-21)38-4)30-24-17-7-5-15(11-23(17)33-34-24)19-13-28(19)18-12-16(37-3)6-8-20(18)32-27(28)36/h5-12,14,19H,13H2,1-4H3,(H,29,35)(H,32,36)(H2,30,33,34)/t19-,28-/m0/s1. The van der Waals surface area contributed by atoms with E-state index in [9.17, 15) is 9.59 Å². The highest BCUT2D eigenvalue weighted by Gasteiger charge is 2.65. The number of amides is 2. The van der Waals surface area contributed by atoms with Crippen LogP contribution < -0.4 is 25.4 Å². The molecule has 1 aliphatic heterocycles. The van der Waals surface area contributed by atoms with Crippen molar-refractivity contribution in [2.24, 2.45) is 0 Å². The smallest absolute Gasteiger partial charge is 0.270 e. The van der Waals surface area contributed by atoms with Gasteiger partial charge in [-0.25, -0.2) is 4.98 Å². The first kappa shape index (κ1) is 23.8. The van der Waals surface area contributed by atoms with E-state index in [0.29, 0.717) is 11.5 Å². The van der Waals surface area contributed by atoms with Gasteiger partial charge in [-0.15, -0.1) is 0 Å². The molecule has 1 fully saturated rings. The summed E-state index contributed by atoms with van der Waals surface area (Å²) in [5, 5.41) is 17.5. The van der Waals surface area contributed by atoms with Gasteiger partial charge in [-0.1, -0.05) is 6.07 Å². The number of hydrogen-bond donors (Lipinski definition) is 4. The number of H-pyrrole nitrogens is 1. The van der Waals surface area contributed by atoms with Crippen molar-refractivity contribution in [2.45, 2.75) is 37.6 Å². The van der Waals surface area contributed by atoms with Gasteiger partial charge < -0.3 is 25.4 Å². The number of aromatic nitrogens is 3. The van der Waals surface area contributed by atoms with Crippen LogP contribution in [-0.2, 0) is 10.2 Å². The van der Waals surface area contributed by atoms with Gasteiger partial charge in [-0.05, 0) is 73.9 Å². The lowest BCUT2D eigenvalue weighted by Gasteiger charge is -2.12. The number of methoxy groups -OCH3 is 2. The molecule has 6 rings (SSSR count). The molecule has 2 aromatic heterocycles. The van der Waals surface area contributed by atoms with Gasteiger partial charge in [0.25, 0.3) is 5.91 Å². The summed E-state index contributed by atoms with van der Waals surface area (Å²) in [6.07, 6.45) is 0.739. The maximum absolute atomic E-state index is 13.0. The van der Waals surface area contributed by atoms with Crippen LogP contribution in [0.4, 0.5) is 17.2 Å². The fourth-order valence-electron chi connectivity index (χ4n) is 5.33. The molecule has 10 heteroatoms. The fourth-order valence-corrected chi connectivity index (χ4v) is 5.33. The number of carbonyl (C=O) groups is 2. The summed E-state index contributed by atoms with van der Waals surface area (Å²) in [6, 6.07) is 15.2. The molecule has 4 N–H and O–H groups in total. The molecule has 1 aliphatic carbocycles. The van der Waals surface area contributed by atoms with E-state index in [2.05, 4.69) is 31.1 Å².